The maximum Gasteiger partial charge on any atom is 0.253 e. The summed E-state index contributed by atoms with van der Waals surface area (Å²) in [4.78, 5) is 31.3. The Bertz CT molecular complexity index is 936. The van der Waals surface area contributed by atoms with Crippen LogP contribution in [0.4, 0.5) is 5.69 Å². The molecule has 0 saturated carbocycles. The van der Waals surface area contributed by atoms with Crippen molar-refractivity contribution in [2.45, 2.75) is 12.8 Å². The average molecular weight is 374 g/mol. The molecule has 1 fully saturated rings. The maximum atomic E-state index is 12.9. The number of amides is 2. The van der Waals surface area contributed by atoms with E-state index in [4.69, 9.17) is 0 Å². The lowest BCUT2D eigenvalue weighted by atomic mass is 9.96. The molecule has 1 N–H and O–H groups in total. The molecule has 28 heavy (non-hydrogen) atoms. The van der Waals surface area contributed by atoms with Gasteiger partial charge in [-0.2, -0.15) is 0 Å². The summed E-state index contributed by atoms with van der Waals surface area (Å²) in [6, 6.07) is 16.9. The van der Waals surface area contributed by atoms with Gasteiger partial charge in [-0.25, -0.2) is 4.98 Å². The number of imidazole rings is 1. The number of nitrogens with one attached hydrogen (secondary N) is 1. The maximum absolute atomic E-state index is 12.9. The minimum atomic E-state index is -0.192. The van der Waals surface area contributed by atoms with Crippen LogP contribution in [0, 0.1) is 5.92 Å². The second kappa shape index (κ2) is 8.08. The van der Waals surface area contributed by atoms with Crippen molar-refractivity contribution in [3.8, 4) is 5.69 Å². The normalized spacial score (nSPS) is 16.6. The molecule has 4 rings (SSSR count). The summed E-state index contributed by atoms with van der Waals surface area (Å²) < 4.78 is 1.89. The van der Waals surface area contributed by atoms with Crippen molar-refractivity contribution >= 4 is 17.5 Å². The van der Waals surface area contributed by atoms with Crippen molar-refractivity contribution in [2.75, 3.05) is 18.4 Å². The van der Waals surface area contributed by atoms with E-state index in [1.54, 1.807) is 17.4 Å². The molecule has 0 bridgehead atoms. The van der Waals surface area contributed by atoms with Crippen LogP contribution in [0.1, 0.15) is 23.2 Å². The van der Waals surface area contributed by atoms with Crippen LogP contribution in [0.25, 0.3) is 5.69 Å². The first-order valence-corrected chi connectivity index (χ1v) is 9.44. The highest BCUT2D eigenvalue weighted by Gasteiger charge is 2.29. The van der Waals surface area contributed by atoms with Crippen molar-refractivity contribution in [3.63, 3.8) is 0 Å². The smallest absolute Gasteiger partial charge is 0.253 e. The number of nitrogens with zero attached hydrogens (tertiary/aromatic N) is 3. The number of rotatable bonds is 4. The van der Waals surface area contributed by atoms with Crippen LogP contribution in [0.2, 0.25) is 0 Å². The second-order valence-corrected chi connectivity index (χ2v) is 6.96. The Labute approximate surface area is 163 Å². The van der Waals surface area contributed by atoms with Gasteiger partial charge in [-0.15, -0.1) is 0 Å². The highest BCUT2D eigenvalue weighted by molar-refractivity contribution is 5.96. The van der Waals surface area contributed by atoms with Crippen molar-refractivity contribution in [1.82, 2.24) is 14.5 Å². The molecular weight excluding hydrogens is 352 g/mol. The predicted molar refractivity (Wildman–Crippen MR) is 107 cm³/mol. The van der Waals surface area contributed by atoms with Gasteiger partial charge in [-0.1, -0.05) is 18.2 Å². The summed E-state index contributed by atoms with van der Waals surface area (Å²) in [5.41, 5.74) is 2.37. The van der Waals surface area contributed by atoms with Crippen molar-refractivity contribution in [3.05, 3.63) is 78.9 Å². The molecule has 2 heterocycles. The van der Waals surface area contributed by atoms with E-state index in [1.807, 2.05) is 65.4 Å². The molecule has 1 saturated heterocycles. The number of piperidine rings is 1. The summed E-state index contributed by atoms with van der Waals surface area (Å²) in [7, 11) is 0. The Kier molecular flexibility index (Phi) is 5.19. The predicted octanol–water partition coefficient (Wildman–Crippen LogP) is 3.36. The van der Waals surface area contributed by atoms with Gasteiger partial charge in [-0.3, -0.25) is 9.59 Å². The number of carbonyl (C=O) groups is 2. The largest absolute Gasteiger partial charge is 0.338 e. The monoisotopic (exact) mass is 374 g/mol. The van der Waals surface area contributed by atoms with Gasteiger partial charge in [0.1, 0.15) is 0 Å². The van der Waals surface area contributed by atoms with Gasteiger partial charge >= 0.3 is 0 Å². The van der Waals surface area contributed by atoms with Crippen molar-refractivity contribution in [2.24, 2.45) is 5.92 Å². The first-order chi connectivity index (χ1) is 13.7. The molecule has 3 aromatic rings. The highest BCUT2D eigenvalue weighted by atomic mass is 16.2. The average Bonchev–Trinajstić information content (AvgIpc) is 3.29. The van der Waals surface area contributed by atoms with Gasteiger partial charge in [0, 0.05) is 42.4 Å². The zero-order valence-corrected chi connectivity index (χ0v) is 15.5. The van der Waals surface area contributed by atoms with E-state index in [-0.39, 0.29) is 17.7 Å². The Morgan fingerprint density at radius 1 is 1.04 bits per heavy atom. The lowest BCUT2D eigenvalue weighted by Gasteiger charge is -2.32. The van der Waals surface area contributed by atoms with Crippen LogP contribution in [0.15, 0.2) is 73.3 Å². The van der Waals surface area contributed by atoms with Gasteiger partial charge in [0.05, 0.1) is 12.2 Å². The molecule has 6 nitrogen and oxygen atoms in total. The third-order valence-corrected chi connectivity index (χ3v) is 5.04. The lowest BCUT2D eigenvalue weighted by Crippen LogP contribution is -2.43. The quantitative estimate of drug-likeness (QED) is 0.761. The van der Waals surface area contributed by atoms with E-state index in [0.717, 1.165) is 24.2 Å². The molecule has 1 aliphatic rings. The van der Waals surface area contributed by atoms with Gasteiger partial charge in [0.25, 0.3) is 5.91 Å². The number of aromatic nitrogens is 2. The van der Waals surface area contributed by atoms with E-state index >= 15 is 0 Å². The van der Waals surface area contributed by atoms with Crippen LogP contribution in [-0.2, 0) is 4.79 Å². The number of benzene rings is 2. The molecule has 0 spiro atoms. The topological polar surface area (TPSA) is 67.2 Å². The molecule has 6 heteroatoms. The molecule has 1 aromatic heterocycles. The molecule has 1 unspecified atom stereocenters. The van der Waals surface area contributed by atoms with Gasteiger partial charge < -0.3 is 14.8 Å². The fourth-order valence-electron chi connectivity index (χ4n) is 3.51. The zero-order chi connectivity index (χ0) is 19.3. The van der Waals surface area contributed by atoms with Crippen molar-refractivity contribution in [1.29, 1.82) is 0 Å². The standard InChI is InChI=1S/C22H22N4O2/c27-21(24-19-6-2-1-3-7-19)18-5-4-13-25(15-18)22(28)17-8-10-20(11-9-17)26-14-12-23-16-26/h1-3,6-12,14,16,18H,4-5,13,15H2,(H,24,27). The number of anilines is 1. The van der Waals surface area contributed by atoms with Gasteiger partial charge in [0.15, 0.2) is 0 Å². The fraction of sp³-hybridized carbons (Fsp3) is 0.227. The summed E-state index contributed by atoms with van der Waals surface area (Å²) in [6.07, 6.45) is 6.91. The van der Waals surface area contributed by atoms with E-state index in [0.29, 0.717) is 18.7 Å². The molecule has 1 aliphatic heterocycles. The van der Waals surface area contributed by atoms with Crippen LogP contribution < -0.4 is 5.32 Å². The molecular formula is C22H22N4O2. The number of hydrogen-bond donors (Lipinski definition) is 1. The number of carbonyl (C=O) groups excluding carboxylic acids is 2. The van der Waals surface area contributed by atoms with Gasteiger partial charge in [0.2, 0.25) is 5.91 Å². The van der Waals surface area contributed by atoms with Gasteiger partial charge in [-0.05, 0) is 49.2 Å². The lowest BCUT2D eigenvalue weighted by molar-refractivity contribution is -0.121. The summed E-state index contributed by atoms with van der Waals surface area (Å²) >= 11 is 0. The number of para-hydroxylation sites is 1. The van der Waals surface area contributed by atoms with Crippen LogP contribution in [0.5, 0.6) is 0 Å². The Morgan fingerprint density at radius 3 is 2.54 bits per heavy atom. The van der Waals surface area contributed by atoms with E-state index < -0.39 is 0 Å². The highest BCUT2D eigenvalue weighted by Crippen LogP contribution is 2.21. The van der Waals surface area contributed by atoms with E-state index in [2.05, 4.69) is 10.3 Å². The molecule has 0 aliphatic carbocycles. The van der Waals surface area contributed by atoms with Crippen LogP contribution in [0.3, 0.4) is 0 Å². The van der Waals surface area contributed by atoms with E-state index in [1.165, 1.54) is 0 Å². The second-order valence-electron chi connectivity index (χ2n) is 6.96. The SMILES string of the molecule is O=C(Nc1ccccc1)C1CCCN(C(=O)c2ccc(-n3ccnc3)cc2)C1. The van der Waals surface area contributed by atoms with E-state index in [9.17, 15) is 9.59 Å². The summed E-state index contributed by atoms with van der Waals surface area (Å²) in [5.74, 6) is -0.253. The first kappa shape index (κ1) is 18.0. The number of likely N-dealkylation sites (tertiary alicyclic amines) is 1. The Morgan fingerprint density at radius 2 is 1.82 bits per heavy atom. The van der Waals surface area contributed by atoms with Crippen LogP contribution in [-0.4, -0.2) is 39.4 Å². The first-order valence-electron chi connectivity index (χ1n) is 9.44. The Hall–Kier alpha value is -3.41. The molecule has 1 atom stereocenters. The Balaban J connectivity index is 1.41. The molecule has 2 amide bonds. The minimum absolute atomic E-state index is 0.0286. The zero-order valence-electron chi connectivity index (χ0n) is 15.5. The van der Waals surface area contributed by atoms with Crippen molar-refractivity contribution < 1.29 is 9.59 Å². The summed E-state index contributed by atoms with van der Waals surface area (Å²) in [5, 5.41) is 2.95. The fourth-order valence-corrected chi connectivity index (χ4v) is 3.51. The number of hydrogen-bond acceptors (Lipinski definition) is 3. The third-order valence-electron chi connectivity index (χ3n) is 5.04. The van der Waals surface area contributed by atoms with Crippen LogP contribution >= 0.6 is 0 Å². The molecule has 0 radical (unpaired) electrons. The third kappa shape index (κ3) is 3.96. The minimum Gasteiger partial charge on any atom is -0.338 e. The summed E-state index contributed by atoms with van der Waals surface area (Å²) in [6.45, 7) is 1.12. The molecule has 142 valence electrons. The molecule has 2 aromatic carbocycles.